The number of rotatable bonds is 7. The second-order valence-electron chi connectivity index (χ2n) is 7.07. The van der Waals surface area contributed by atoms with Gasteiger partial charge in [-0.05, 0) is 30.2 Å². The minimum Gasteiger partial charge on any atom is -0.449 e. The van der Waals surface area contributed by atoms with Crippen LogP contribution in [0, 0.1) is 11.8 Å². The fourth-order valence-electron chi connectivity index (χ4n) is 3.13. The number of nitrogens with one attached hydrogen (secondary N) is 1. The first-order chi connectivity index (χ1) is 14.6. The minimum atomic E-state index is -0.518. The van der Waals surface area contributed by atoms with Crippen molar-refractivity contribution in [3.8, 4) is 11.8 Å². The van der Waals surface area contributed by atoms with Gasteiger partial charge in [-0.15, -0.1) is 0 Å². The van der Waals surface area contributed by atoms with E-state index in [4.69, 9.17) is 4.74 Å². The van der Waals surface area contributed by atoms with E-state index < -0.39 is 6.09 Å². The standard InChI is InChI=1S/C25H26N2O3/c1-3-19(2)15-17-30-25(29)26-16-14-24(28)27-18-22-10-5-4-8-20(22)12-13-21-9-6-7-11-23(21)27/h4-11H,2-3,14-18H2,1H3,(H,26,29). The quantitative estimate of drug-likeness (QED) is 0.551. The molecule has 2 aromatic carbocycles. The number of anilines is 1. The van der Waals surface area contributed by atoms with Crippen molar-refractivity contribution in [2.75, 3.05) is 18.1 Å². The van der Waals surface area contributed by atoms with Gasteiger partial charge < -0.3 is 15.0 Å². The van der Waals surface area contributed by atoms with Gasteiger partial charge in [-0.2, -0.15) is 0 Å². The van der Waals surface area contributed by atoms with Crippen LogP contribution in [-0.2, 0) is 16.1 Å². The van der Waals surface area contributed by atoms with Crippen molar-refractivity contribution in [3.05, 3.63) is 77.4 Å². The number of hydrogen-bond donors (Lipinski definition) is 1. The van der Waals surface area contributed by atoms with Crippen molar-refractivity contribution < 1.29 is 14.3 Å². The number of amides is 2. The van der Waals surface area contributed by atoms with Crippen LogP contribution < -0.4 is 10.2 Å². The second-order valence-corrected chi connectivity index (χ2v) is 7.07. The Morgan fingerprint density at radius 1 is 1.07 bits per heavy atom. The molecule has 0 aliphatic carbocycles. The number of benzene rings is 2. The molecule has 1 N–H and O–H groups in total. The van der Waals surface area contributed by atoms with Crippen LogP contribution in [0.3, 0.4) is 0 Å². The molecule has 2 amide bonds. The molecule has 30 heavy (non-hydrogen) atoms. The van der Waals surface area contributed by atoms with E-state index in [-0.39, 0.29) is 18.9 Å². The average Bonchev–Trinajstić information content (AvgIpc) is 2.75. The van der Waals surface area contributed by atoms with E-state index in [0.717, 1.165) is 34.4 Å². The maximum Gasteiger partial charge on any atom is 0.407 e. The van der Waals surface area contributed by atoms with E-state index >= 15 is 0 Å². The molecule has 0 bridgehead atoms. The lowest BCUT2D eigenvalue weighted by molar-refractivity contribution is -0.118. The molecule has 0 fully saturated rings. The molecule has 0 aromatic heterocycles. The summed E-state index contributed by atoms with van der Waals surface area (Å²) in [5.41, 5.74) is 4.54. The summed E-state index contributed by atoms with van der Waals surface area (Å²) in [4.78, 5) is 26.6. The van der Waals surface area contributed by atoms with Gasteiger partial charge in [0.2, 0.25) is 5.91 Å². The van der Waals surface area contributed by atoms with Gasteiger partial charge >= 0.3 is 6.09 Å². The van der Waals surface area contributed by atoms with Crippen LogP contribution in [0.4, 0.5) is 10.5 Å². The molecule has 0 saturated heterocycles. The van der Waals surface area contributed by atoms with E-state index in [0.29, 0.717) is 19.6 Å². The maximum atomic E-state index is 13.0. The van der Waals surface area contributed by atoms with Crippen LogP contribution in [-0.4, -0.2) is 25.2 Å². The predicted octanol–water partition coefficient (Wildman–Crippen LogP) is 4.41. The smallest absolute Gasteiger partial charge is 0.407 e. The third kappa shape index (κ3) is 5.51. The molecule has 5 nitrogen and oxygen atoms in total. The zero-order valence-corrected chi connectivity index (χ0v) is 17.2. The zero-order chi connectivity index (χ0) is 21.3. The lowest BCUT2D eigenvalue weighted by atomic mass is 10.0. The first kappa shape index (κ1) is 21.2. The number of alkyl carbamates (subject to hydrolysis) is 1. The molecule has 1 heterocycles. The fraction of sp³-hybridized carbons (Fsp3) is 0.280. The van der Waals surface area contributed by atoms with Crippen LogP contribution in [0.25, 0.3) is 0 Å². The summed E-state index contributed by atoms with van der Waals surface area (Å²) in [5, 5.41) is 2.65. The largest absolute Gasteiger partial charge is 0.449 e. The van der Waals surface area contributed by atoms with E-state index in [9.17, 15) is 9.59 Å². The lowest BCUT2D eigenvalue weighted by Gasteiger charge is -2.26. The van der Waals surface area contributed by atoms with Gasteiger partial charge in [0.15, 0.2) is 0 Å². The number of nitrogens with zero attached hydrogens (tertiary/aromatic N) is 1. The molecule has 1 aliphatic rings. The van der Waals surface area contributed by atoms with Crippen molar-refractivity contribution in [1.29, 1.82) is 0 Å². The molecule has 5 heteroatoms. The molecule has 3 rings (SSSR count). The summed E-state index contributed by atoms with van der Waals surface area (Å²) in [7, 11) is 0. The molecule has 0 atom stereocenters. The summed E-state index contributed by atoms with van der Waals surface area (Å²) in [6, 6.07) is 15.5. The summed E-state index contributed by atoms with van der Waals surface area (Å²) < 4.78 is 5.13. The molecule has 0 saturated carbocycles. The molecular formula is C25H26N2O3. The highest BCUT2D eigenvalue weighted by atomic mass is 16.5. The third-order valence-corrected chi connectivity index (χ3v) is 4.97. The van der Waals surface area contributed by atoms with Gasteiger partial charge in [-0.25, -0.2) is 4.79 Å². The van der Waals surface area contributed by atoms with Gasteiger partial charge in [0.05, 0.1) is 18.8 Å². The molecular weight excluding hydrogens is 376 g/mol. The monoisotopic (exact) mass is 402 g/mol. The van der Waals surface area contributed by atoms with E-state index in [1.165, 1.54) is 0 Å². The lowest BCUT2D eigenvalue weighted by Crippen LogP contribution is -2.35. The Morgan fingerprint density at radius 3 is 2.57 bits per heavy atom. The molecule has 0 radical (unpaired) electrons. The van der Waals surface area contributed by atoms with Crippen molar-refractivity contribution in [1.82, 2.24) is 5.32 Å². The van der Waals surface area contributed by atoms with Gasteiger partial charge in [0, 0.05) is 30.5 Å². The highest BCUT2D eigenvalue weighted by molar-refractivity contribution is 5.95. The van der Waals surface area contributed by atoms with Crippen molar-refractivity contribution in [3.63, 3.8) is 0 Å². The Morgan fingerprint density at radius 2 is 1.77 bits per heavy atom. The van der Waals surface area contributed by atoms with Gasteiger partial charge in [0.1, 0.15) is 0 Å². The normalized spacial score (nSPS) is 11.7. The number of para-hydroxylation sites is 1. The summed E-state index contributed by atoms with van der Waals surface area (Å²) >= 11 is 0. The van der Waals surface area contributed by atoms with Crippen molar-refractivity contribution >= 4 is 17.7 Å². The first-order valence-corrected chi connectivity index (χ1v) is 10.1. The molecule has 0 unspecified atom stereocenters. The fourth-order valence-corrected chi connectivity index (χ4v) is 3.13. The molecule has 0 spiro atoms. The Kier molecular flexibility index (Phi) is 7.29. The maximum absolute atomic E-state index is 13.0. The highest BCUT2D eigenvalue weighted by Gasteiger charge is 2.21. The summed E-state index contributed by atoms with van der Waals surface area (Å²) in [6.07, 6.45) is 1.16. The van der Waals surface area contributed by atoms with Gasteiger partial charge in [-0.1, -0.05) is 61.2 Å². The molecule has 154 valence electrons. The summed E-state index contributed by atoms with van der Waals surface area (Å²) in [6.45, 7) is 6.83. The van der Waals surface area contributed by atoms with Crippen LogP contribution in [0.2, 0.25) is 0 Å². The number of ether oxygens (including phenoxy) is 1. The zero-order valence-electron chi connectivity index (χ0n) is 17.2. The van der Waals surface area contributed by atoms with E-state index in [1.807, 2.05) is 55.5 Å². The second kappa shape index (κ2) is 10.3. The van der Waals surface area contributed by atoms with Gasteiger partial charge in [-0.3, -0.25) is 4.79 Å². The van der Waals surface area contributed by atoms with Crippen LogP contribution in [0.1, 0.15) is 42.9 Å². The highest BCUT2D eigenvalue weighted by Crippen LogP contribution is 2.25. The molecule has 2 aromatic rings. The number of carbonyl (C=O) groups excluding carboxylic acids is 2. The van der Waals surface area contributed by atoms with Gasteiger partial charge in [0.25, 0.3) is 0 Å². The van der Waals surface area contributed by atoms with Crippen LogP contribution in [0.15, 0.2) is 60.7 Å². The van der Waals surface area contributed by atoms with Crippen LogP contribution >= 0.6 is 0 Å². The van der Waals surface area contributed by atoms with Crippen molar-refractivity contribution in [2.45, 2.75) is 32.7 Å². The third-order valence-electron chi connectivity index (χ3n) is 4.97. The Balaban J connectivity index is 1.63. The van der Waals surface area contributed by atoms with E-state index in [2.05, 4.69) is 23.7 Å². The predicted molar refractivity (Wildman–Crippen MR) is 118 cm³/mol. The van der Waals surface area contributed by atoms with Crippen molar-refractivity contribution in [2.24, 2.45) is 0 Å². The number of hydrogen-bond acceptors (Lipinski definition) is 3. The van der Waals surface area contributed by atoms with Crippen LogP contribution in [0.5, 0.6) is 0 Å². The van der Waals surface area contributed by atoms with E-state index in [1.54, 1.807) is 4.90 Å². The Labute approximate surface area is 177 Å². The molecule has 1 aliphatic heterocycles. The summed E-state index contributed by atoms with van der Waals surface area (Å²) in [5.74, 6) is 6.30. The number of fused-ring (bicyclic) bond motifs is 2. The Bertz CT molecular complexity index is 1000. The minimum absolute atomic E-state index is 0.0828. The topological polar surface area (TPSA) is 58.6 Å². The average molecular weight is 402 g/mol. The number of carbonyl (C=O) groups is 2. The SMILES string of the molecule is C=C(CC)CCOC(=O)NCCC(=O)N1Cc2ccccc2C#Cc2ccccc21. The Hall–Kier alpha value is -3.52. The first-order valence-electron chi connectivity index (χ1n) is 10.1.